The molecular weight excluding hydrogens is 235 g/mol. The van der Waals surface area contributed by atoms with Crippen molar-refractivity contribution in [3.05, 3.63) is 29.8 Å². The number of carboxylic acid groups (broad SMARTS) is 1. The van der Waals surface area contributed by atoms with Gasteiger partial charge in [0.05, 0.1) is 12.0 Å². The quantitative estimate of drug-likeness (QED) is 0.889. The molecule has 0 atom stereocenters. The summed E-state index contributed by atoms with van der Waals surface area (Å²) in [6.07, 6.45) is -4.64. The number of alkyl halides is 3. The van der Waals surface area contributed by atoms with Gasteiger partial charge in [0.2, 0.25) is 0 Å². The van der Waals surface area contributed by atoms with E-state index in [1.807, 2.05) is 0 Å². The topological polar surface area (TPSA) is 40.5 Å². The van der Waals surface area contributed by atoms with Gasteiger partial charge in [-0.15, -0.1) is 0 Å². The summed E-state index contributed by atoms with van der Waals surface area (Å²) >= 11 is 0. The third kappa shape index (κ3) is 3.65. The summed E-state index contributed by atoms with van der Waals surface area (Å²) in [5, 5.41) is 8.49. The number of carbonyl (C=O) groups is 1. The van der Waals surface area contributed by atoms with Crippen LogP contribution in [0, 0.1) is 0 Å². The molecule has 0 aliphatic rings. The van der Waals surface area contributed by atoms with Gasteiger partial charge >= 0.3 is 12.1 Å². The normalized spacial score (nSPS) is 11.3. The van der Waals surface area contributed by atoms with Crippen molar-refractivity contribution in [2.75, 3.05) is 18.5 Å². The van der Waals surface area contributed by atoms with Crippen molar-refractivity contribution >= 4 is 11.7 Å². The first-order valence-electron chi connectivity index (χ1n) is 4.91. The lowest BCUT2D eigenvalue weighted by Gasteiger charge is -2.22. The summed E-state index contributed by atoms with van der Waals surface area (Å²) < 4.78 is 38.0. The molecule has 0 bridgehead atoms. The number of aliphatic carboxylic acids is 1. The lowest BCUT2D eigenvalue weighted by Crippen LogP contribution is -2.24. The van der Waals surface area contributed by atoms with Gasteiger partial charge in [0, 0.05) is 19.3 Å². The number of para-hydroxylation sites is 1. The Labute approximate surface area is 96.5 Å². The standard InChI is InChI=1S/C11H12F3NO2/c1-15(7-6-10(16)17)9-5-3-2-4-8(9)11(12,13)14/h2-5H,6-7H2,1H3,(H,16,17). The number of halogens is 3. The molecule has 0 unspecified atom stereocenters. The van der Waals surface area contributed by atoms with Crippen LogP contribution in [0.4, 0.5) is 18.9 Å². The average Bonchev–Trinajstić information content (AvgIpc) is 2.24. The highest BCUT2D eigenvalue weighted by molar-refractivity contribution is 5.68. The summed E-state index contributed by atoms with van der Waals surface area (Å²) in [7, 11) is 1.44. The van der Waals surface area contributed by atoms with Crippen molar-refractivity contribution in [1.29, 1.82) is 0 Å². The fourth-order valence-electron chi connectivity index (χ4n) is 1.43. The maximum Gasteiger partial charge on any atom is 0.418 e. The van der Waals surface area contributed by atoms with Crippen LogP contribution in [0.3, 0.4) is 0 Å². The summed E-state index contributed by atoms with van der Waals surface area (Å²) in [4.78, 5) is 11.7. The van der Waals surface area contributed by atoms with Gasteiger partial charge in [-0.05, 0) is 12.1 Å². The molecule has 0 spiro atoms. The van der Waals surface area contributed by atoms with E-state index in [1.165, 1.54) is 30.1 Å². The van der Waals surface area contributed by atoms with Crippen molar-refractivity contribution in [3.63, 3.8) is 0 Å². The minimum atomic E-state index is -4.44. The second-order valence-electron chi connectivity index (χ2n) is 3.58. The van der Waals surface area contributed by atoms with Crippen molar-refractivity contribution in [1.82, 2.24) is 0 Å². The van der Waals surface area contributed by atoms with E-state index in [0.29, 0.717) is 0 Å². The first-order chi connectivity index (χ1) is 7.82. The van der Waals surface area contributed by atoms with Gasteiger partial charge in [-0.3, -0.25) is 4.79 Å². The molecule has 0 amide bonds. The highest BCUT2D eigenvalue weighted by Gasteiger charge is 2.33. The number of carboxylic acids is 1. The monoisotopic (exact) mass is 247 g/mol. The zero-order valence-electron chi connectivity index (χ0n) is 9.16. The van der Waals surface area contributed by atoms with E-state index in [0.717, 1.165) is 6.07 Å². The molecule has 0 fully saturated rings. The van der Waals surface area contributed by atoms with E-state index in [9.17, 15) is 18.0 Å². The lowest BCUT2D eigenvalue weighted by atomic mass is 10.1. The van der Waals surface area contributed by atoms with Gasteiger partial charge < -0.3 is 10.0 Å². The number of benzene rings is 1. The molecule has 1 aromatic rings. The molecule has 0 saturated carbocycles. The molecule has 0 aliphatic carbocycles. The molecule has 0 aliphatic heterocycles. The van der Waals surface area contributed by atoms with Crippen molar-refractivity contribution < 1.29 is 23.1 Å². The van der Waals surface area contributed by atoms with Crippen molar-refractivity contribution in [2.24, 2.45) is 0 Å². The molecule has 0 saturated heterocycles. The van der Waals surface area contributed by atoms with Gasteiger partial charge in [0.15, 0.2) is 0 Å². The van der Waals surface area contributed by atoms with E-state index in [-0.39, 0.29) is 18.7 Å². The van der Waals surface area contributed by atoms with Gasteiger partial charge in [-0.2, -0.15) is 13.2 Å². The minimum Gasteiger partial charge on any atom is -0.481 e. The third-order valence-corrected chi connectivity index (χ3v) is 2.28. The molecule has 0 radical (unpaired) electrons. The van der Waals surface area contributed by atoms with Crippen LogP contribution in [0.15, 0.2) is 24.3 Å². The van der Waals surface area contributed by atoms with Crippen LogP contribution in [0.25, 0.3) is 0 Å². The van der Waals surface area contributed by atoms with Gasteiger partial charge in [-0.1, -0.05) is 12.1 Å². The minimum absolute atomic E-state index is 0.0127. The Balaban J connectivity index is 2.93. The fourth-order valence-corrected chi connectivity index (χ4v) is 1.43. The van der Waals surface area contributed by atoms with Crippen LogP contribution in [-0.2, 0) is 11.0 Å². The summed E-state index contributed by atoms with van der Waals surface area (Å²) in [6, 6.07) is 5.09. The Hall–Kier alpha value is -1.72. The molecule has 1 N–H and O–H groups in total. The van der Waals surface area contributed by atoms with Gasteiger partial charge in [-0.25, -0.2) is 0 Å². The van der Waals surface area contributed by atoms with Gasteiger partial charge in [0.25, 0.3) is 0 Å². The van der Waals surface area contributed by atoms with E-state index in [4.69, 9.17) is 5.11 Å². The molecule has 6 heteroatoms. The zero-order chi connectivity index (χ0) is 13.1. The third-order valence-electron chi connectivity index (χ3n) is 2.28. The molecule has 94 valence electrons. The van der Waals surface area contributed by atoms with E-state index in [1.54, 1.807) is 0 Å². The van der Waals surface area contributed by atoms with Crippen LogP contribution in [-0.4, -0.2) is 24.7 Å². The molecule has 17 heavy (non-hydrogen) atoms. The van der Waals surface area contributed by atoms with E-state index < -0.39 is 17.7 Å². The van der Waals surface area contributed by atoms with Crippen molar-refractivity contribution in [3.8, 4) is 0 Å². The first kappa shape index (κ1) is 13.3. The number of hydrogen-bond donors (Lipinski definition) is 1. The number of rotatable bonds is 4. The fraction of sp³-hybridized carbons (Fsp3) is 0.364. The largest absolute Gasteiger partial charge is 0.481 e. The van der Waals surface area contributed by atoms with E-state index >= 15 is 0 Å². The zero-order valence-corrected chi connectivity index (χ0v) is 9.16. The van der Waals surface area contributed by atoms with Crippen LogP contribution in [0.1, 0.15) is 12.0 Å². The average molecular weight is 247 g/mol. The van der Waals surface area contributed by atoms with Crippen LogP contribution < -0.4 is 4.90 Å². The Morgan fingerprint density at radius 2 is 1.94 bits per heavy atom. The second-order valence-corrected chi connectivity index (χ2v) is 3.58. The molecule has 1 aromatic carbocycles. The summed E-state index contributed by atoms with van der Waals surface area (Å²) in [6.45, 7) is 0.0302. The molecule has 0 aromatic heterocycles. The van der Waals surface area contributed by atoms with Crippen molar-refractivity contribution in [2.45, 2.75) is 12.6 Å². The number of anilines is 1. The van der Waals surface area contributed by atoms with E-state index in [2.05, 4.69) is 0 Å². The maximum atomic E-state index is 12.7. The Morgan fingerprint density at radius 3 is 2.47 bits per heavy atom. The van der Waals surface area contributed by atoms with Gasteiger partial charge in [0.1, 0.15) is 0 Å². The molecule has 3 nitrogen and oxygen atoms in total. The smallest absolute Gasteiger partial charge is 0.418 e. The predicted molar refractivity (Wildman–Crippen MR) is 57.0 cm³/mol. The molecule has 0 heterocycles. The Bertz CT molecular complexity index is 404. The Morgan fingerprint density at radius 1 is 1.35 bits per heavy atom. The second kappa shape index (κ2) is 5.07. The summed E-state index contributed by atoms with van der Waals surface area (Å²) in [5.74, 6) is -1.04. The lowest BCUT2D eigenvalue weighted by molar-refractivity contribution is -0.137. The first-order valence-corrected chi connectivity index (χ1v) is 4.91. The van der Waals surface area contributed by atoms with Crippen LogP contribution >= 0.6 is 0 Å². The highest BCUT2D eigenvalue weighted by Crippen LogP contribution is 2.35. The molecule has 1 rings (SSSR count). The summed E-state index contributed by atoms with van der Waals surface area (Å²) in [5.41, 5.74) is -0.769. The Kier molecular flexibility index (Phi) is 3.98. The highest BCUT2D eigenvalue weighted by atomic mass is 19.4. The SMILES string of the molecule is CN(CCC(=O)O)c1ccccc1C(F)(F)F. The number of nitrogens with zero attached hydrogens (tertiary/aromatic N) is 1. The maximum absolute atomic E-state index is 12.7. The van der Waals surface area contributed by atoms with Crippen LogP contribution in [0.5, 0.6) is 0 Å². The molecular formula is C11H12F3NO2. The van der Waals surface area contributed by atoms with Crippen LogP contribution in [0.2, 0.25) is 0 Å². The predicted octanol–water partition coefficient (Wildman–Crippen LogP) is 2.62. The number of hydrogen-bond acceptors (Lipinski definition) is 2.